The number of benzene rings is 1. The van der Waals surface area contributed by atoms with Crippen molar-refractivity contribution in [1.29, 1.82) is 0 Å². The summed E-state index contributed by atoms with van der Waals surface area (Å²) in [7, 11) is 0.198. The molecule has 0 bridgehead atoms. The molecule has 0 radical (unpaired) electrons. The van der Waals surface area contributed by atoms with Gasteiger partial charge in [0.15, 0.2) is 0 Å². The van der Waals surface area contributed by atoms with E-state index in [1.165, 1.54) is 0 Å². The molecule has 0 atom stereocenters. The molecule has 3 rings (SSSR count). The minimum atomic E-state index is -3.57. The molecule has 0 amide bonds. The van der Waals surface area contributed by atoms with E-state index >= 15 is 0 Å². The third-order valence-electron chi connectivity index (χ3n) is 4.47. The van der Waals surface area contributed by atoms with Gasteiger partial charge in [-0.3, -0.25) is 4.68 Å². The van der Waals surface area contributed by atoms with Crippen LogP contribution in [0, 0.1) is 13.8 Å². The van der Waals surface area contributed by atoms with Crippen LogP contribution in [0.25, 0.3) is 0 Å². The Kier molecular flexibility index (Phi) is 3.93. The summed E-state index contributed by atoms with van der Waals surface area (Å²) >= 11 is 0. The van der Waals surface area contributed by atoms with E-state index in [1.807, 2.05) is 31.3 Å². The highest BCUT2D eigenvalue weighted by Gasteiger charge is 2.32. The molecule has 1 aliphatic heterocycles. The first kappa shape index (κ1) is 16.0. The molecule has 2 heterocycles. The molecule has 1 aliphatic rings. The lowest BCUT2D eigenvalue weighted by Crippen LogP contribution is -2.34. The predicted molar refractivity (Wildman–Crippen MR) is 90.0 cm³/mol. The van der Waals surface area contributed by atoms with Crippen LogP contribution in [0.5, 0.6) is 0 Å². The van der Waals surface area contributed by atoms with E-state index in [9.17, 15) is 8.42 Å². The number of aromatic nitrogens is 2. The lowest BCUT2D eigenvalue weighted by Gasteiger charge is -2.21. The zero-order valence-corrected chi connectivity index (χ0v) is 14.8. The first-order valence-electron chi connectivity index (χ1n) is 7.61. The van der Waals surface area contributed by atoms with Crippen molar-refractivity contribution in [1.82, 2.24) is 14.1 Å². The van der Waals surface area contributed by atoms with Crippen molar-refractivity contribution >= 4 is 15.7 Å². The van der Waals surface area contributed by atoms with E-state index in [0.29, 0.717) is 35.9 Å². The summed E-state index contributed by atoms with van der Waals surface area (Å²) in [5, 5.41) is 4.25. The van der Waals surface area contributed by atoms with E-state index < -0.39 is 10.0 Å². The van der Waals surface area contributed by atoms with Crippen molar-refractivity contribution in [2.24, 2.45) is 7.05 Å². The van der Waals surface area contributed by atoms with Crippen molar-refractivity contribution < 1.29 is 8.42 Å². The summed E-state index contributed by atoms with van der Waals surface area (Å²) < 4.78 is 29.5. The molecule has 0 saturated carbocycles. The molecular formula is C16H22N4O2S. The lowest BCUT2D eigenvalue weighted by molar-refractivity contribution is 0.419. The van der Waals surface area contributed by atoms with Gasteiger partial charge in [0, 0.05) is 39.4 Å². The van der Waals surface area contributed by atoms with Gasteiger partial charge < -0.3 is 4.90 Å². The SMILES string of the molecule is Cc1nn(C)c(C)c1S(=O)(=O)N1CCN(C)c2ccccc2C1. The van der Waals surface area contributed by atoms with Crippen molar-refractivity contribution in [3.8, 4) is 0 Å². The number of rotatable bonds is 2. The molecule has 0 N–H and O–H groups in total. The van der Waals surface area contributed by atoms with Crippen molar-refractivity contribution in [2.75, 3.05) is 25.0 Å². The number of anilines is 1. The van der Waals surface area contributed by atoms with Gasteiger partial charge in [0.25, 0.3) is 0 Å². The highest BCUT2D eigenvalue weighted by molar-refractivity contribution is 7.89. The summed E-state index contributed by atoms with van der Waals surface area (Å²) in [6, 6.07) is 7.95. The van der Waals surface area contributed by atoms with Gasteiger partial charge in [0.1, 0.15) is 4.90 Å². The van der Waals surface area contributed by atoms with Crippen LogP contribution >= 0.6 is 0 Å². The second-order valence-electron chi connectivity index (χ2n) is 6.01. The van der Waals surface area contributed by atoms with Gasteiger partial charge in [-0.15, -0.1) is 0 Å². The number of nitrogens with zero attached hydrogens (tertiary/aromatic N) is 4. The van der Waals surface area contributed by atoms with E-state index in [1.54, 1.807) is 29.9 Å². The Morgan fingerprint density at radius 1 is 1.09 bits per heavy atom. The van der Waals surface area contributed by atoms with Gasteiger partial charge in [-0.1, -0.05) is 18.2 Å². The van der Waals surface area contributed by atoms with Gasteiger partial charge in [-0.25, -0.2) is 8.42 Å². The number of fused-ring (bicyclic) bond motifs is 1. The molecule has 23 heavy (non-hydrogen) atoms. The highest BCUT2D eigenvalue weighted by Crippen LogP contribution is 2.29. The summed E-state index contributed by atoms with van der Waals surface area (Å²) in [4.78, 5) is 2.44. The summed E-state index contributed by atoms with van der Waals surface area (Å²) in [6.45, 7) is 5.05. The summed E-state index contributed by atoms with van der Waals surface area (Å²) in [5.41, 5.74) is 3.34. The Hall–Kier alpha value is -1.86. The molecule has 0 spiro atoms. The maximum atomic E-state index is 13.2. The number of hydrogen-bond donors (Lipinski definition) is 0. The molecule has 124 valence electrons. The molecular weight excluding hydrogens is 312 g/mol. The van der Waals surface area contributed by atoms with Crippen LogP contribution in [-0.2, 0) is 23.6 Å². The largest absolute Gasteiger partial charge is 0.373 e. The minimum Gasteiger partial charge on any atom is -0.373 e. The van der Waals surface area contributed by atoms with Crippen LogP contribution in [0.1, 0.15) is 17.0 Å². The Bertz CT molecular complexity index is 842. The van der Waals surface area contributed by atoms with E-state index in [0.717, 1.165) is 11.3 Å². The Balaban J connectivity index is 2.05. The van der Waals surface area contributed by atoms with Crippen LogP contribution in [0.15, 0.2) is 29.2 Å². The fourth-order valence-electron chi connectivity index (χ4n) is 3.13. The van der Waals surface area contributed by atoms with E-state index in [-0.39, 0.29) is 0 Å². The van der Waals surface area contributed by atoms with Gasteiger partial charge in [0.05, 0.1) is 11.4 Å². The quantitative estimate of drug-likeness (QED) is 0.838. The molecule has 0 unspecified atom stereocenters. The molecule has 1 aromatic heterocycles. The van der Waals surface area contributed by atoms with Crippen molar-refractivity contribution in [2.45, 2.75) is 25.3 Å². The maximum Gasteiger partial charge on any atom is 0.247 e. The van der Waals surface area contributed by atoms with Crippen LogP contribution in [0.4, 0.5) is 5.69 Å². The third-order valence-corrected chi connectivity index (χ3v) is 6.57. The Morgan fingerprint density at radius 3 is 2.43 bits per heavy atom. The monoisotopic (exact) mass is 334 g/mol. The third kappa shape index (κ3) is 2.64. The number of sulfonamides is 1. The van der Waals surface area contributed by atoms with Crippen LogP contribution in [0.2, 0.25) is 0 Å². The fourth-order valence-corrected chi connectivity index (χ4v) is 4.94. The number of likely N-dealkylation sites (N-methyl/N-ethyl adjacent to an activating group) is 1. The molecule has 7 heteroatoms. The average Bonchev–Trinajstić information content (AvgIpc) is 2.67. The van der Waals surface area contributed by atoms with Gasteiger partial charge >= 0.3 is 0 Å². The van der Waals surface area contributed by atoms with Crippen molar-refractivity contribution in [3.05, 3.63) is 41.2 Å². The van der Waals surface area contributed by atoms with Crippen molar-refractivity contribution in [3.63, 3.8) is 0 Å². The zero-order chi connectivity index (χ0) is 16.8. The van der Waals surface area contributed by atoms with Crippen LogP contribution in [-0.4, -0.2) is 42.6 Å². The van der Waals surface area contributed by atoms with E-state index in [4.69, 9.17) is 0 Å². The zero-order valence-electron chi connectivity index (χ0n) is 13.9. The first-order valence-corrected chi connectivity index (χ1v) is 9.05. The normalized spacial score (nSPS) is 16.3. The second-order valence-corrected chi connectivity index (χ2v) is 7.89. The summed E-state index contributed by atoms with van der Waals surface area (Å²) in [6.07, 6.45) is 0. The Morgan fingerprint density at radius 2 is 1.78 bits per heavy atom. The number of hydrogen-bond acceptors (Lipinski definition) is 4. The Labute approximate surface area is 137 Å². The molecule has 6 nitrogen and oxygen atoms in total. The second kappa shape index (κ2) is 5.65. The fraction of sp³-hybridized carbons (Fsp3) is 0.438. The highest BCUT2D eigenvalue weighted by atomic mass is 32.2. The lowest BCUT2D eigenvalue weighted by atomic mass is 10.1. The van der Waals surface area contributed by atoms with Crippen LogP contribution < -0.4 is 4.90 Å². The number of aryl methyl sites for hydroxylation is 2. The average molecular weight is 334 g/mol. The first-order chi connectivity index (χ1) is 10.8. The smallest absolute Gasteiger partial charge is 0.247 e. The van der Waals surface area contributed by atoms with Crippen LogP contribution in [0.3, 0.4) is 0 Å². The van der Waals surface area contributed by atoms with Gasteiger partial charge in [0.2, 0.25) is 10.0 Å². The van der Waals surface area contributed by atoms with Gasteiger partial charge in [-0.05, 0) is 25.5 Å². The minimum absolute atomic E-state index is 0.335. The molecule has 0 saturated heterocycles. The summed E-state index contributed by atoms with van der Waals surface area (Å²) in [5.74, 6) is 0. The topological polar surface area (TPSA) is 58.4 Å². The van der Waals surface area contributed by atoms with E-state index in [2.05, 4.69) is 10.00 Å². The maximum absolute atomic E-state index is 13.2. The molecule has 0 fully saturated rings. The molecule has 1 aromatic carbocycles. The predicted octanol–water partition coefficient (Wildman–Crippen LogP) is 1.68. The number of para-hydroxylation sites is 1. The van der Waals surface area contributed by atoms with Gasteiger partial charge in [-0.2, -0.15) is 9.40 Å². The molecule has 0 aliphatic carbocycles. The standard InChI is InChI=1S/C16H22N4O2S/c1-12-16(13(2)19(4)17-12)23(21,22)20-10-9-18(3)15-8-6-5-7-14(15)11-20/h5-8H,9-11H2,1-4H3. The molecule has 2 aromatic rings.